The average Bonchev–Trinajstić information content (AvgIpc) is 2.92. The Labute approximate surface area is 149 Å². The third-order valence-electron chi connectivity index (χ3n) is 5.21. The van der Waals surface area contributed by atoms with Gasteiger partial charge >= 0.3 is 6.09 Å². The van der Waals surface area contributed by atoms with E-state index in [0.717, 1.165) is 22.3 Å². The maximum atomic E-state index is 13.1. The van der Waals surface area contributed by atoms with E-state index in [-0.39, 0.29) is 12.5 Å². The monoisotopic (exact) mass is 359 g/mol. The minimum absolute atomic E-state index is 0.0962. The molecule has 6 heteroatoms. The Hall–Kier alpha value is -2.47. The van der Waals surface area contributed by atoms with Crippen molar-refractivity contribution in [3.63, 3.8) is 0 Å². The molecule has 0 radical (unpaired) electrons. The van der Waals surface area contributed by atoms with Gasteiger partial charge in [0, 0.05) is 18.8 Å². The number of amides is 1. The molecule has 2 aromatic carbocycles. The summed E-state index contributed by atoms with van der Waals surface area (Å²) in [7, 11) is 0. The fourth-order valence-corrected chi connectivity index (χ4v) is 4.03. The van der Waals surface area contributed by atoms with Crippen LogP contribution in [-0.4, -0.2) is 35.9 Å². The number of aliphatic hydroxyl groups is 1. The van der Waals surface area contributed by atoms with Gasteiger partial charge in [0.15, 0.2) is 0 Å². The van der Waals surface area contributed by atoms with E-state index in [1.807, 2.05) is 48.5 Å². The molecule has 0 atom stereocenters. The molecule has 0 bridgehead atoms. The predicted octanol–water partition coefficient (Wildman–Crippen LogP) is 3.69. The Morgan fingerprint density at radius 3 is 2.12 bits per heavy atom. The summed E-state index contributed by atoms with van der Waals surface area (Å²) < 4.78 is 31.6. The van der Waals surface area contributed by atoms with E-state index < -0.39 is 37.0 Å². The fourth-order valence-electron chi connectivity index (χ4n) is 4.03. The van der Waals surface area contributed by atoms with Gasteiger partial charge in [-0.2, -0.15) is 0 Å². The van der Waals surface area contributed by atoms with Gasteiger partial charge in [0.25, 0.3) is 5.92 Å². The third-order valence-corrected chi connectivity index (χ3v) is 5.21. The number of benzene rings is 2. The number of hydrogen-bond donors (Lipinski definition) is 2. The normalized spacial score (nSPS) is 19.2. The van der Waals surface area contributed by atoms with Crippen LogP contribution in [0.2, 0.25) is 0 Å². The second-order valence-electron chi connectivity index (χ2n) is 7.10. The first-order chi connectivity index (χ1) is 12.4. The number of carbonyl (C=O) groups is 1. The van der Waals surface area contributed by atoms with Crippen LogP contribution in [0.4, 0.5) is 13.6 Å². The first-order valence-corrected chi connectivity index (χ1v) is 8.55. The topological polar surface area (TPSA) is 58.6 Å². The van der Waals surface area contributed by atoms with E-state index >= 15 is 0 Å². The zero-order valence-corrected chi connectivity index (χ0v) is 14.0. The molecule has 2 N–H and O–H groups in total. The molecule has 1 amide bonds. The number of halogens is 2. The Kier molecular flexibility index (Phi) is 3.95. The number of rotatable bonds is 4. The van der Waals surface area contributed by atoms with Crippen LogP contribution in [0, 0.1) is 0 Å². The molecule has 0 spiro atoms. The number of nitrogens with one attached hydrogen (secondary N) is 1. The highest BCUT2D eigenvalue weighted by Crippen LogP contribution is 2.46. The summed E-state index contributed by atoms with van der Waals surface area (Å²) in [5, 5.41) is 11.8. The SMILES string of the molecule is O=C(NC1(CO)CC(F)(F)C1)OCC1c2ccccc2-c2ccccc21. The highest BCUT2D eigenvalue weighted by Gasteiger charge is 2.57. The molecule has 0 heterocycles. The number of alkyl halides is 2. The van der Waals surface area contributed by atoms with Crippen LogP contribution in [0.1, 0.15) is 29.9 Å². The first-order valence-electron chi connectivity index (χ1n) is 8.55. The zero-order chi connectivity index (χ0) is 18.4. The van der Waals surface area contributed by atoms with Gasteiger partial charge in [-0.05, 0) is 22.3 Å². The van der Waals surface area contributed by atoms with E-state index in [0.29, 0.717) is 0 Å². The van der Waals surface area contributed by atoms with Gasteiger partial charge in [-0.15, -0.1) is 0 Å². The van der Waals surface area contributed by atoms with Crippen molar-refractivity contribution in [2.24, 2.45) is 0 Å². The molecule has 136 valence electrons. The van der Waals surface area contributed by atoms with Crippen molar-refractivity contribution < 1.29 is 23.4 Å². The van der Waals surface area contributed by atoms with E-state index in [4.69, 9.17) is 4.74 Å². The van der Waals surface area contributed by atoms with E-state index in [1.165, 1.54) is 0 Å². The number of fused-ring (bicyclic) bond motifs is 3. The maximum Gasteiger partial charge on any atom is 0.407 e. The molecule has 0 unspecified atom stereocenters. The Balaban J connectivity index is 1.46. The minimum atomic E-state index is -2.85. The zero-order valence-electron chi connectivity index (χ0n) is 14.0. The largest absolute Gasteiger partial charge is 0.449 e. The molecule has 1 fully saturated rings. The lowest BCUT2D eigenvalue weighted by Crippen LogP contribution is -2.64. The van der Waals surface area contributed by atoms with Crippen LogP contribution in [0.25, 0.3) is 11.1 Å². The van der Waals surface area contributed by atoms with Gasteiger partial charge in [-0.25, -0.2) is 13.6 Å². The van der Waals surface area contributed by atoms with Gasteiger partial charge in [0.05, 0.1) is 12.1 Å². The van der Waals surface area contributed by atoms with Crippen molar-refractivity contribution in [3.8, 4) is 11.1 Å². The number of ether oxygens (including phenoxy) is 1. The molecule has 26 heavy (non-hydrogen) atoms. The minimum Gasteiger partial charge on any atom is -0.449 e. The van der Waals surface area contributed by atoms with Crippen LogP contribution < -0.4 is 5.32 Å². The molecule has 1 saturated carbocycles. The second-order valence-corrected chi connectivity index (χ2v) is 7.10. The van der Waals surface area contributed by atoms with Gasteiger partial charge in [-0.3, -0.25) is 0 Å². The van der Waals surface area contributed by atoms with Crippen LogP contribution in [0.5, 0.6) is 0 Å². The number of aliphatic hydroxyl groups excluding tert-OH is 1. The van der Waals surface area contributed by atoms with Crippen molar-refractivity contribution in [2.45, 2.75) is 30.2 Å². The number of alkyl carbamates (subject to hydrolysis) is 1. The molecule has 2 aliphatic rings. The van der Waals surface area contributed by atoms with Gasteiger partial charge < -0.3 is 15.2 Å². The summed E-state index contributed by atoms with van der Waals surface area (Å²) in [6, 6.07) is 15.9. The van der Waals surface area contributed by atoms with Crippen LogP contribution in [0.15, 0.2) is 48.5 Å². The van der Waals surface area contributed by atoms with Crippen LogP contribution in [-0.2, 0) is 4.74 Å². The summed E-state index contributed by atoms with van der Waals surface area (Å²) in [5.41, 5.74) is 3.10. The van der Waals surface area contributed by atoms with Gasteiger partial charge in [0.2, 0.25) is 0 Å². The van der Waals surface area contributed by atoms with Crippen molar-refractivity contribution in [1.29, 1.82) is 0 Å². The smallest absolute Gasteiger partial charge is 0.407 e. The Morgan fingerprint density at radius 2 is 1.62 bits per heavy atom. The standard InChI is InChI=1S/C20H19F2NO3/c21-20(22)10-19(11-20,12-24)23-18(25)26-9-17-15-7-3-1-5-13(15)14-6-2-4-8-16(14)17/h1-8,17,24H,9-12H2,(H,23,25). The van der Waals surface area contributed by atoms with E-state index in [9.17, 15) is 18.7 Å². The molecular weight excluding hydrogens is 340 g/mol. The summed E-state index contributed by atoms with van der Waals surface area (Å²) in [6.45, 7) is -0.426. The maximum absolute atomic E-state index is 13.1. The molecule has 0 aliphatic heterocycles. The Bertz CT molecular complexity index is 799. The van der Waals surface area contributed by atoms with Crippen LogP contribution >= 0.6 is 0 Å². The lowest BCUT2D eigenvalue weighted by atomic mass is 9.74. The molecular formula is C20H19F2NO3. The quantitative estimate of drug-likeness (QED) is 0.875. The molecule has 0 saturated heterocycles. The van der Waals surface area contributed by atoms with E-state index in [1.54, 1.807) is 0 Å². The summed E-state index contributed by atoms with van der Waals surface area (Å²) in [4.78, 5) is 12.1. The number of hydrogen-bond acceptors (Lipinski definition) is 3. The van der Waals surface area contributed by atoms with Crippen molar-refractivity contribution in [3.05, 3.63) is 59.7 Å². The predicted molar refractivity (Wildman–Crippen MR) is 92.2 cm³/mol. The third kappa shape index (κ3) is 2.84. The fraction of sp³-hybridized carbons (Fsp3) is 0.350. The van der Waals surface area contributed by atoms with Crippen molar-refractivity contribution in [2.75, 3.05) is 13.2 Å². The summed E-state index contributed by atoms with van der Waals surface area (Å²) in [6.07, 6.45) is -1.92. The van der Waals surface area contributed by atoms with Crippen molar-refractivity contribution >= 4 is 6.09 Å². The Morgan fingerprint density at radius 1 is 1.08 bits per heavy atom. The lowest BCUT2D eigenvalue weighted by Gasteiger charge is -2.46. The first kappa shape index (κ1) is 17.0. The molecule has 2 aliphatic carbocycles. The number of carbonyl (C=O) groups excluding carboxylic acids is 1. The average molecular weight is 359 g/mol. The second kappa shape index (κ2) is 6.06. The lowest BCUT2D eigenvalue weighted by molar-refractivity contribution is -0.144. The van der Waals surface area contributed by atoms with Gasteiger partial charge in [-0.1, -0.05) is 48.5 Å². The van der Waals surface area contributed by atoms with Gasteiger partial charge in [0.1, 0.15) is 6.61 Å². The highest BCUT2D eigenvalue weighted by atomic mass is 19.3. The highest BCUT2D eigenvalue weighted by molar-refractivity contribution is 5.79. The molecule has 4 nitrogen and oxygen atoms in total. The van der Waals surface area contributed by atoms with E-state index in [2.05, 4.69) is 5.32 Å². The summed E-state index contributed by atoms with van der Waals surface area (Å²) >= 11 is 0. The summed E-state index contributed by atoms with van der Waals surface area (Å²) in [5.74, 6) is -2.94. The van der Waals surface area contributed by atoms with Crippen LogP contribution in [0.3, 0.4) is 0 Å². The molecule has 4 rings (SSSR count). The molecule has 2 aromatic rings. The molecule has 0 aromatic heterocycles. The van der Waals surface area contributed by atoms with Crippen molar-refractivity contribution in [1.82, 2.24) is 5.32 Å².